The maximum atomic E-state index is 12.4. The summed E-state index contributed by atoms with van der Waals surface area (Å²) >= 11 is 0. The van der Waals surface area contributed by atoms with Gasteiger partial charge in [-0.15, -0.1) is 5.10 Å². The van der Waals surface area contributed by atoms with Crippen LogP contribution in [0.25, 0.3) is 0 Å². The molecule has 2 amide bonds. The number of benzene rings is 1. The molecule has 3 rings (SSSR count). The summed E-state index contributed by atoms with van der Waals surface area (Å²) in [5, 5.41) is 8.06. The number of anilines is 2. The van der Waals surface area contributed by atoms with Crippen molar-refractivity contribution in [2.45, 2.75) is 25.4 Å². The van der Waals surface area contributed by atoms with E-state index in [0.717, 1.165) is 23.1 Å². The fourth-order valence-electron chi connectivity index (χ4n) is 2.82. The highest BCUT2D eigenvalue weighted by Crippen LogP contribution is 2.29. The van der Waals surface area contributed by atoms with Crippen LogP contribution in [0.5, 0.6) is 0 Å². The van der Waals surface area contributed by atoms with Gasteiger partial charge in [-0.2, -0.15) is 4.98 Å². The number of amides is 2. The first-order chi connectivity index (χ1) is 12.2. The SMILES string of the molecule is Cc1cccc(N2C[C@H](C(=O)Nc3n[nH]c(S(C)(=O)=O)n3)CC2=O)c1C. The van der Waals surface area contributed by atoms with Crippen LogP contribution in [0.1, 0.15) is 17.5 Å². The van der Waals surface area contributed by atoms with Crippen LogP contribution >= 0.6 is 0 Å². The minimum absolute atomic E-state index is 0.0720. The maximum absolute atomic E-state index is 12.4. The van der Waals surface area contributed by atoms with Gasteiger partial charge in [0.05, 0.1) is 5.92 Å². The minimum atomic E-state index is -3.54. The van der Waals surface area contributed by atoms with Crippen LogP contribution in [-0.4, -0.2) is 48.2 Å². The molecule has 0 bridgehead atoms. The number of aromatic nitrogens is 3. The van der Waals surface area contributed by atoms with Gasteiger partial charge in [0.2, 0.25) is 32.8 Å². The molecule has 10 heteroatoms. The van der Waals surface area contributed by atoms with Crippen molar-refractivity contribution in [1.82, 2.24) is 15.2 Å². The number of rotatable bonds is 4. The molecule has 1 aromatic carbocycles. The first-order valence-electron chi connectivity index (χ1n) is 7.96. The normalized spacial score (nSPS) is 17.6. The third-order valence-corrected chi connectivity index (χ3v) is 5.30. The van der Waals surface area contributed by atoms with Gasteiger partial charge in [-0.05, 0) is 31.0 Å². The van der Waals surface area contributed by atoms with Crippen molar-refractivity contribution in [2.75, 3.05) is 23.0 Å². The standard InChI is InChI=1S/C16H19N5O4S/c1-9-5-4-6-12(10(9)2)21-8-11(7-13(21)22)14(23)17-15-18-16(20-19-15)26(3,24)25/h4-6,11H,7-8H2,1-3H3,(H2,17,18,19,20,23)/t11-/m1/s1. The van der Waals surface area contributed by atoms with Gasteiger partial charge in [-0.25, -0.2) is 13.5 Å². The smallest absolute Gasteiger partial charge is 0.249 e. The predicted octanol–water partition coefficient (Wildman–Crippen LogP) is 0.817. The van der Waals surface area contributed by atoms with Gasteiger partial charge >= 0.3 is 0 Å². The summed E-state index contributed by atoms with van der Waals surface area (Å²) in [6, 6.07) is 5.69. The second kappa shape index (κ2) is 6.52. The van der Waals surface area contributed by atoms with E-state index >= 15 is 0 Å². The summed E-state index contributed by atoms with van der Waals surface area (Å²) < 4.78 is 22.8. The molecule has 1 atom stereocenters. The van der Waals surface area contributed by atoms with E-state index in [1.807, 2.05) is 32.0 Å². The quantitative estimate of drug-likeness (QED) is 0.812. The van der Waals surface area contributed by atoms with Gasteiger partial charge in [0, 0.05) is 24.9 Å². The van der Waals surface area contributed by atoms with Gasteiger partial charge in [-0.3, -0.25) is 14.9 Å². The van der Waals surface area contributed by atoms with Gasteiger partial charge in [-0.1, -0.05) is 12.1 Å². The molecule has 2 N–H and O–H groups in total. The number of hydrogen-bond donors (Lipinski definition) is 2. The fourth-order valence-corrected chi connectivity index (χ4v) is 3.29. The second-order valence-corrected chi connectivity index (χ2v) is 8.28. The molecular weight excluding hydrogens is 358 g/mol. The summed E-state index contributed by atoms with van der Waals surface area (Å²) in [4.78, 5) is 30.1. The van der Waals surface area contributed by atoms with Crippen LogP contribution in [0, 0.1) is 19.8 Å². The lowest BCUT2D eigenvalue weighted by molar-refractivity contribution is -0.122. The highest BCUT2D eigenvalue weighted by Gasteiger charge is 2.36. The lowest BCUT2D eigenvalue weighted by atomic mass is 10.1. The molecule has 0 radical (unpaired) electrons. The third-order valence-electron chi connectivity index (χ3n) is 4.41. The number of aryl methyl sites for hydroxylation is 1. The van der Waals surface area contributed by atoms with Crippen molar-refractivity contribution in [3.63, 3.8) is 0 Å². The Labute approximate surface area is 150 Å². The summed E-state index contributed by atoms with van der Waals surface area (Å²) in [5.74, 6) is -1.26. The number of sulfone groups is 1. The molecule has 0 unspecified atom stereocenters. The average molecular weight is 377 g/mol. The highest BCUT2D eigenvalue weighted by atomic mass is 32.2. The first kappa shape index (κ1) is 18.1. The Morgan fingerprint density at radius 2 is 2.08 bits per heavy atom. The van der Waals surface area contributed by atoms with Crippen LogP contribution in [-0.2, 0) is 19.4 Å². The Kier molecular flexibility index (Phi) is 4.53. The van der Waals surface area contributed by atoms with Gasteiger partial charge in [0.15, 0.2) is 0 Å². The van der Waals surface area contributed by atoms with E-state index in [0.29, 0.717) is 0 Å². The molecule has 0 spiro atoms. The number of nitrogens with one attached hydrogen (secondary N) is 2. The lowest BCUT2D eigenvalue weighted by Gasteiger charge is -2.20. The zero-order valence-electron chi connectivity index (χ0n) is 14.6. The van der Waals surface area contributed by atoms with E-state index < -0.39 is 21.7 Å². The molecule has 2 aromatic rings. The van der Waals surface area contributed by atoms with Crippen molar-refractivity contribution in [3.8, 4) is 0 Å². The van der Waals surface area contributed by atoms with Crippen molar-refractivity contribution >= 4 is 33.3 Å². The van der Waals surface area contributed by atoms with Gasteiger partial charge in [0.25, 0.3) is 0 Å². The molecule has 1 aromatic heterocycles. The molecule has 0 saturated carbocycles. The van der Waals surface area contributed by atoms with Gasteiger partial charge in [0.1, 0.15) is 0 Å². The van der Waals surface area contributed by atoms with Crippen LogP contribution < -0.4 is 10.2 Å². The predicted molar refractivity (Wildman–Crippen MR) is 94.5 cm³/mol. The van der Waals surface area contributed by atoms with E-state index in [1.54, 1.807) is 4.90 Å². The topological polar surface area (TPSA) is 125 Å². The monoisotopic (exact) mass is 377 g/mol. The Morgan fingerprint density at radius 3 is 2.73 bits per heavy atom. The number of H-pyrrole nitrogens is 1. The number of aromatic amines is 1. The Hall–Kier alpha value is -2.75. The molecule has 1 fully saturated rings. The molecular formula is C16H19N5O4S. The first-order valence-corrected chi connectivity index (χ1v) is 9.86. The van der Waals surface area contributed by atoms with E-state index in [2.05, 4.69) is 20.5 Å². The van der Waals surface area contributed by atoms with Crippen LogP contribution in [0.4, 0.5) is 11.6 Å². The molecule has 2 heterocycles. The highest BCUT2D eigenvalue weighted by molar-refractivity contribution is 7.90. The zero-order chi connectivity index (χ0) is 19.1. The number of carbonyl (C=O) groups excluding carboxylic acids is 2. The number of hydrogen-bond acceptors (Lipinski definition) is 6. The van der Waals surface area contributed by atoms with Crippen LogP contribution in [0.3, 0.4) is 0 Å². The van der Waals surface area contributed by atoms with Crippen LogP contribution in [0.15, 0.2) is 23.4 Å². The molecule has 1 aliphatic rings. The molecule has 0 aliphatic carbocycles. The fraction of sp³-hybridized carbons (Fsp3) is 0.375. The molecule has 26 heavy (non-hydrogen) atoms. The van der Waals surface area contributed by atoms with Crippen LogP contribution in [0.2, 0.25) is 0 Å². The van der Waals surface area contributed by atoms with Crippen molar-refractivity contribution < 1.29 is 18.0 Å². The molecule has 9 nitrogen and oxygen atoms in total. The van der Waals surface area contributed by atoms with Crippen molar-refractivity contribution in [3.05, 3.63) is 29.3 Å². The van der Waals surface area contributed by atoms with E-state index in [4.69, 9.17) is 0 Å². The second-order valence-electron chi connectivity index (χ2n) is 6.35. The number of carbonyl (C=O) groups is 2. The summed E-state index contributed by atoms with van der Waals surface area (Å²) in [7, 11) is -3.54. The minimum Gasteiger partial charge on any atom is -0.311 e. The van der Waals surface area contributed by atoms with Crippen molar-refractivity contribution in [2.24, 2.45) is 5.92 Å². The van der Waals surface area contributed by atoms with E-state index in [-0.39, 0.29) is 30.0 Å². The van der Waals surface area contributed by atoms with E-state index in [9.17, 15) is 18.0 Å². The van der Waals surface area contributed by atoms with Gasteiger partial charge < -0.3 is 4.90 Å². The van der Waals surface area contributed by atoms with Crippen molar-refractivity contribution in [1.29, 1.82) is 0 Å². The molecule has 1 aliphatic heterocycles. The third kappa shape index (κ3) is 3.45. The van der Waals surface area contributed by atoms with E-state index in [1.165, 1.54) is 0 Å². The summed E-state index contributed by atoms with van der Waals surface area (Å²) in [6.07, 6.45) is 1.05. The Bertz CT molecular complexity index is 982. The molecule has 138 valence electrons. The largest absolute Gasteiger partial charge is 0.311 e. The summed E-state index contributed by atoms with van der Waals surface area (Å²) in [5.41, 5.74) is 2.86. The summed E-state index contributed by atoms with van der Waals surface area (Å²) in [6.45, 7) is 4.15. The lowest BCUT2D eigenvalue weighted by Crippen LogP contribution is -2.29. The number of nitrogens with zero attached hydrogens (tertiary/aromatic N) is 3. The Balaban J connectivity index is 1.73. The average Bonchev–Trinajstić information content (AvgIpc) is 3.17. The zero-order valence-corrected chi connectivity index (χ0v) is 15.4. The Morgan fingerprint density at radius 1 is 1.35 bits per heavy atom. The molecule has 1 saturated heterocycles. The maximum Gasteiger partial charge on any atom is 0.249 e.